The second kappa shape index (κ2) is 11.4. The molecule has 2 aromatic heterocycles. The van der Waals surface area contributed by atoms with Crippen molar-refractivity contribution in [2.24, 2.45) is 5.41 Å². The van der Waals surface area contributed by atoms with Gasteiger partial charge in [0.05, 0.1) is 36.9 Å². The highest BCUT2D eigenvalue weighted by atomic mass is 19.3. The molecular formula is C32H40F2N6O2. The Morgan fingerprint density at radius 3 is 2.67 bits per heavy atom. The van der Waals surface area contributed by atoms with Crippen molar-refractivity contribution in [2.45, 2.75) is 51.4 Å². The number of aromatic nitrogens is 3. The average Bonchev–Trinajstić information content (AvgIpc) is 3.44. The summed E-state index contributed by atoms with van der Waals surface area (Å²) in [6.07, 6.45) is 2.97. The van der Waals surface area contributed by atoms with Crippen molar-refractivity contribution in [1.29, 1.82) is 0 Å². The summed E-state index contributed by atoms with van der Waals surface area (Å²) in [5.41, 5.74) is 4.95. The van der Waals surface area contributed by atoms with Gasteiger partial charge in [0.2, 0.25) is 0 Å². The molecule has 10 heteroatoms. The van der Waals surface area contributed by atoms with Crippen molar-refractivity contribution in [3.05, 3.63) is 70.7 Å². The molecule has 8 nitrogen and oxygen atoms in total. The lowest BCUT2D eigenvalue weighted by atomic mass is 9.75. The third kappa shape index (κ3) is 5.66. The summed E-state index contributed by atoms with van der Waals surface area (Å²) in [6, 6.07) is 14.1. The second-order valence-electron chi connectivity index (χ2n) is 12.4. The first-order chi connectivity index (χ1) is 20.1. The van der Waals surface area contributed by atoms with Crippen LogP contribution in [0, 0.1) is 19.3 Å². The van der Waals surface area contributed by atoms with E-state index in [1.165, 1.54) is 12.7 Å². The molecule has 5 heterocycles. The molecule has 0 unspecified atom stereocenters. The van der Waals surface area contributed by atoms with Crippen LogP contribution >= 0.6 is 0 Å². The minimum absolute atomic E-state index is 0.179. The van der Waals surface area contributed by atoms with E-state index >= 15 is 8.78 Å². The Balaban J connectivity index is 1.11. The molecular weight excluding hydrogens is 538 g/mol. The molecule has 1 atom stereocenters. The molecule has 3 aromatic rings. The highest BCUT2D eigenvalue weighted by Crippen LogP contribution is 2.50. The standard InChI is InChI=1S/C32H40F2N6O2/c1-22-14-23(2)40(37-22)28-8-4-6-25(15-28)26(16-29(41)42-3)17-39-19-31(20-39)18-38(21-32(31,33)34)13-11-27-10-9-24-7-5-12-35-30(24)36-27/h4,6,8-10,14-15,26H,5,7,11-13,16-21H2,1-3H3,(H,35,36)/t26-/m1/s1. The van der Waals surface area contributed by atoms with E-state index in [4.69, 9.17) is 9.72 Å². The van der Waals surface area contributed by atoms with Crippen molar-refractivity contribution in [2.75, 3.05) is 58.2 Å². The number of rotatable bonds is 9. The number of benzene rings is 1. The lowest BCUT2D eigenvalue weighted by Gasteiger charge is -2.51. The number of likely N-dealkylation sites (tertiary alicyclic amines) is 2. The van der Waals surface area contributed by atoms with Crippen LogP contribution in [-0.4, -0.2) is 89.4 Å². The molecule has 3 aliphatic rings. The number of hydrogen-bond donors (Lipinski definition) is 1. The first-order valence-corrected chi connectivity index (χ1v) is 14.9. The number of methoxy groups -OCH3 is 1. The number of fused-ring (bicyclic) bond motifs is 1. The van der Waals surface area contributed by atoms with E-state index in [1.807, 2.05) is 59.8 Å². The van der Waals surface area contributed by atoms with Gasteiger partial charge in [-0.15, -0.1) is 0 Å². The van der Waals surface area contributed by atoms with Crippen molar-refractivity contribution < 1.29 is 18.3 Å². The minimum Gasteiger partial charge on any atom is -0.469 e. The number of aryl methyl sites for hydroxylation is 3. The molecule has 1 aromatic carbocycles. The topological polar surface area (TPSA) is 75.5 Å². The molecule has 0 bridgehead atoms. The lowest BCUT2D eigenvalue weighted by molar-refractivity contribution is -0.158. The number of halogens is 2. The summed E-state index contributed by atoms with van der Waals surface area (Å²) in [5, 5.41) is 7.94. The zero-order valence-electron chi connectivity index (χ0n) is 24.7. The van der Waals surface area contributed by atoms with Gasteiger partial charge in [0.15, 0.2) is 0 Å². The van der Waals surface area contributed by atoms with Crippen LogP contribution in [0.4, 0.5) is 14.6 Å². The smallest absolute Gasteiger partial charge is 0.306 e. The highest BCUT2D eigenvalue weighted by molar-refractivity contribution is 5.70. The summed E-state index contributed by atoms with van der Waals surface area (Å²) in [6.45, 7) is 6.73. The fourth-order valence-corrected chi connectivity index (χ4v) is 6.94. The zero-order valence-corrected chi connectivity index (χ0v) is 24.7. The Kier molecular flexibility index (Phi) is 7.78. The summed E-state index contributed by atoms with van der Waals surface area (Å²) in [7, 11) is 1.38. The first kappa shape index (κ1) is 28.7. The largest absolute Gasteiger partial charge is 0.469 e. The van der Waals surface area contributed by atoms with Crippen LogP contribution in [0.5, 0.6) is 0 Å². The van der Waals surface area contributed by atoms with Gasteiger partial charge in [0.25, 0.3) is 5.92 Å². The molecule has 42 heavy (non-hydrogen) atoms. The Labute approximate surface area is 246 Å². The van der Waals surface area contributed by atoms with Crippen molar-refractivity contribution in [1.82, 2.24) is 24.6 Å². The lowest BCUT2D eigenvalue weighted by Crippen LogP contribution is -2.65. The summed E-state index contributed by atoms with van der Waals surface area (Å²) >= 11 is 0. The van der Waals surface area contributed by atoms with E-state index in [9.17, 15) is 4.79 Å². The van der Waals surface area contributed by atoms with Gasteiger partial charge < -0.3 is 15.0 Å². The summed E-state index contributed by atoms with van der Waals surface area (Å²) < 4.78 is 37.8. The van der Waals surface area contributed by atoms with E-state index in [0.29, 0.717) is 39.1 Å². The van der Waals surface area contributed by atoms with E-state index in [2.05, 4.69) is 21.4 Å². The molecule has 0 aliphatic carbocycles. The fourth-order valence-electron chi connectivity index (χ4n) is 6.94. The van der Waals surface area contributed by atoms with E-state index < -0.39 is 11.3 Å². The third-order valence-electron chi connectivity index (χ3n) is 9.13. The molecule has 6 rings (SSSR count). The number of ether oxygens (including phenoxy) is 1. The molecule has 1 spiro atoms. The van der Waals surface area contributed by atoms with Gasteiger partial charge in [-0.05, 0) is 62.1 Å². The average molecular weight is 579 g/mol. The van der Waals surface area contributed by atoms with Crippen molar-refractivity contribution >= 4 is 11.8 Å². The van der Waals surface area contributed by atoms with Gasteiger partial charge in [0.1, 0.15) is 5.82 Å². The number of anilines is 1. The minimum atomic E-state index is -2.76. The van der Waals surface area contributed by atoms with Gasteiger partial charge in [0, 0.05) is 63.0 Å². The Morgan fingerprint density at radius 2 is 1.90 bits per heavy atom. The van der Waals surface area contributed by atoms with Crippen LogP contribution in [-0.2, 0) is 22.4 Å². The number of nitrogens with one attached hydrogen (secondary N) is 1. The molecule has 0 saturated carbocycles. The SMILES string of the molecule is COC(=O)C[C@H](CN1CC2(CN(CCc3ccc4c(n3)NCCC4)CC2(F)F)C1)c1cccc(-n2nc(C)cc2C)c1. The monoisotopic (exact) mass is 578 g/mol. The van der Waals surface area contributed by atoms with Gasteiger partial charge >= 0.3 is 5.97 Å². The highest BCUT2D eigenvalue weighted by Gasteiger charge is 2.65. The quantitative estimate of drug-likeness (QED) is 0.378. The van der Waals surface area contributed by atoms with Gasteiger partial charge in [-0.2, -0.15) is 5.10 Å². The number of nitrogens with zero attached hydrogens (tertiary/aromatic N) is 5. The number of esters is 1. The maximum atomic E-state index is 15.4. The van der Waals surface area contributed by atoms with E-state index in [-0.39, 0.29) is 24.9 Å². The maximum Gasteiger partial charge on any atom is 0.306 e. The molecule has 0 amide bonds. The van der Waals surface area contributed by atoms with Crippen LogP contribution in [0.2, 0.25) is 0 Å². The molecule has 1 N–H and O–H groups in total. The number of alkyl halides is 2. The van der Waals surface area contributed by atoms with Gasteiger partial charge in [-0.3, -0.25) is 9.69 Å². The van der Waals surface area contributed by atoms with Crippen LogP contribution in [0.1, 0.15) is 47.0 Å². The Bertz CT molecular complexity index is 1450. The van der Waals surface area contributed by atoms with Crippen LogP contribution in [0.25, 0.3) is 5.69 Å². The summed E-state index contributed by atoms with van der Waals surface area (Å²) in [4.78, 5) is 21.1. The number of pyridine rings is 1. The van der Waals surface area contributed by atoms with E-state index in [0.717, 1.165) is 53.5 Å². The van der Waals surface area contributed by atoms with Crippen LogP contribution in [0.15, 0.2) is 42.5 Å². The third-order valence-corrected chi connectivity index (χ3v) is 9.13. The Morgan fingerprint density at radius 1 is 1.10 bits per heavy atom. The Hall–Kier alpha value is -3.37. The first-order valence-electron chi connectivity index (χ1n) is 14.9. The predicted molar refractivity (Wildman–Crippen MR) is 157 cm³/mol. The predicted octanol–water partition coefficient (Wildman–Crippen LogP) is 4.38. The van der Waals surface area contributed by atoms with Crippen molar-refractivity contribution in [3.63, 3.8) is 0 Å². The number of hydrogen-bond acceptors (Lipinski definition) is 7. The van der Waals surface area contributed by atoms with Crippen LogP contribution < -0.4 is 5.32 Å². The van der Waals surface area contributed by atoms with Crippen LogP contribution in [0.3, 0.4) is 0 Å². The zero-order chi connectivity index (χ0) is 29.5. The number of carbonyl (C=O) groups is 1. The second-order valence-corrected chi connectivity index (χ2v) is 12.4. The molecule has 0 radical (unpaired) electrons. The van der Waals surface area contributed by atoms with Gasteiger partial charge in [-0.25, -0.2) is 18.4 Å². The van der Waals surface area contributed by atoms with E-state index in [1.54, 1.807) is 0 Å². The van der Waals surface area contributed by atoms with Crippen molar-refractivity contribution in [3.8, 4) is 5.69 Å². The fraction of sp³-hybridized carbons (Fsp3) is 0.531. The molecule has 3 aliphatic heterocycles. The molecule has 224 valence electrons. The maximum absolute atomic E-state index is 15.4. The summed E-state index contributed by atoms with van der Waals surface area (Å²) in [5.74, 6) is -2.31. The normalized spacial score (nSPS) is 20.1. The molecule has 2 saturated heterocycles. The number of carbonyl (C=O) groups excluding carboxylic acids is 1. The van der Waals surface area contributed by atoms with Gasteiger partial charge in [-0.1, -0.05) is 18.2 Å². The molecule has 2 fully saturated rings.